The van der Waals surface area contributed by atoms with Crippen molar-refractivity contribution in [3.05, 3.63) is 0 Å². The second-order valence-electron chi connectivity index (χ2n) is 0.577. The molecule has 3 nitrogen and oxygen atoms in total. The first-order valence-corrected chi connectivity index (χ1v) is 1.32. The molecule has 0 spiro atoms. The first-order chi connectivity index (χ1) is 1.91. The fraction of sp³-hybridized carbons (Fsp3) is 1.00. The molecule has 0 aromatic rings. The predicted octanol–water partition coefficient (Wildman–Crippen LogP) is -1.28. The quantitative estimate of drug-likeness (QED) is 0.446. The minimum Gasteiger partial charge on any atom is -0.870 e. The second-order valence-corrected chi connectivity index (χ2v) is 0.577. The van der Waals surface area contributed by atoms with Gasteiger partial charge in [0.25, 0.3) is 0 Å². The molecule has 0 fully saturated rings. The Morgan fingerprint density at radius 1 is 1.00 bits per heavy atom. The molecule has 0 rings (SSSR count). The van der Waals surface area contributed by atoms with Crippen LogP contribution in [0.5, 0.6) is 0 Å². The van der Waals surface area contributed by atoms with Crippen molar-refractivity contribution in [1.29, 1.82) is 0 Å². The first-order valence-electron chi connectivity index (χ1n) is 1.32. The summed E-state index contributed by atoms with van der Waals surface area (Å²) in [6.07, 6.45) is 0. The van der Waals surface area contributed by atoms with Crippen molar-refractivity contribution in [1.82, 2.24) is 0 Å². The Hall–Kier alpha value is 0.399. The van der Waals surface area contributed by atoms with Crippen molar-refractivity contribution in [2.24, 2.45) is 11.5 Å². The number of rotatable bonds is 1. The first kappa shape index (κ1) is 16.1. The van der Waals surface area contributed by atoms with E-state index in [1.807, 2.05) is 0 Å². The van der Waals surface area contributed by atoms with E-state index in [0.717, 1.165) is 0 Å². The van der Waals surface area contributed by atoms with Crippen LogP contribution in [0, 0.1) is 0 Å². The molecule has 0 aliphatic rings. The van der Waals surface area contributed by atoms with Gasteiger partial charge in [0.2, 0.25) is 0 Å². The van der Waals surface area contributed by atoms with E-state index >= 15 is 0 Å². The molecule has 0 aromatic carbocycles. The Morgan fingerprint density at radius 2 is 1.17 bits per heavy atom. The zero-order valence-corrected chi connectivity index (χ0v) is 4.26. The maximum atomic E-state index is 4.90. The molecule has 0 amide bonds. The van der Waals surface area contributed by atoms with Gasteiger partial charge in [0.05, 0.1) is 0 Å². The normalized spacial score (nSPS) is 5.00. The molecule has 0 atom stereocenters. The zero-order valence-electron chi connectivity index (χ0n) is 3.32. The molecule has 0 radical (unpaired) electrons. The molecule has 0 heterocycles. The van der Waals surface area contributed by atoms with Crippen LogP contribution in [0.1, 0.15) is 0 Å². The van der Waals surface area contributed by atoms with Crippen LogP contribution in [-0.4, -0.2) is 18.6 Å². The van der Waals surface area contributed by atoms with Gasteiger partial charge in [-0.25, -0.2) is 0 Å². The van der Waals surface area contributed by atoms with Crippen molar-refractivity contribution < 1.29 is 22.5 Å². The third-order valence-electron chi connectivity index (χ3n) is 0.167. The van der Waals surface area contributed by atoms with Gasteiger partial charge in [0.1, 0.15) is 0 Å². The van der Waals surface area contributed by atoms with Crippen LogP contribution < -0.4 is 11.5 Å². The van der Waals surface area contributed by atoms with Crippen molar-refractivity contribution in [2.75, 3.05) is 13.1 Å². The average Bonchev–Trinajstić information content (AvgIpc) is 1.37. The van der Waals surface area contributed by atoms with Gasteiger partial charge in [0.15, 0.2) is 0 Å². The molecule has 0 aliphatic carbocycles. The summed E-state index contributed by atoms with van der Waals surface area (Å²) in [4.78, 5) is 0. The SMILES string of the molecule is NCCN.[Cu+].[OH-]. The Morgan fingerprint density at radius 3 is 1.17 bits per heavy atom. The van der Waals surface area contributed by atoms with Gasteiger partial charge < -0.3 is 16.9 Å². The van der Waals surface area contributed by atoms with Crippen molar-refractivity contribution in [2.45, 2.75) is 0 Å². The third kappa shape index (κ3) is 26.0. The van der Waals surface area contributed by atoms with E-state index in [9.17, 15) is 0 Å². The van der Waals surface area contributed by atoms with Gasteiger partial charge in [0, 0.05) is 13.1 Å². The molecule has 4 heteroatoms. The molecule has 0 aliphatic heterocycles. The maximum absolute atomic E-state index is 4.90. The van der Waals surface area contributed by atoms with E-state index in [1.54, 1.807) is 0 Å². The molecule has 0 saturated heterocycles. The van der Waals surface area contributed by atoms with E-state index in [4.69, 9.17) is 11.5 Å². The van der Waals surface area contributed by atoms with Crippen molar-refractivity contribution in [3.8, 4) is 0 Å². The van der Waals surface area contributed by atoms with Crippen LogP contribution in [0.15, 0.2) is 0 Å². The summed E-state index contributed by atoms with van der Waals surface area (Å²) in [6, 6.07) is 0. The van der Waals surface area contributed by atoms with Crippen LogP contribution in [0.2, 0.25) is 0 Å². The Bertz CT molecular complexity index is 13.5. The van der Waals surface area contributed by atoms with Crippen LogP contribution >= 0.6 is 0 Å². The summed E-state index contributed by atoms with van der Waals surface area (Å²) in [5.41, 5.74) is 9.81. The van der Waals surface area contributed by atoms with Crippen molar-refractivity contribution in [3.63, 3.8) is 0 Å². The largest absolute Gasteiger partial charge is 1.00 e. The molecule has 0 saturated carbocycles. The smallest absolute Gasteiger partial charge is 0.870 e. The van der Waals surface area contributed by atoms with Crippen LogP contribution in [0.3, 0.4) is 0 Å². The molecule has 0 bridgehead atoms. The molecular weight excluding hydrogens is 132 g/mol. The van der Waals surface area contributed by atoms with E-state index < -0.39 is 0 Å². The van der Waals surface area contributed by atoms with E-state index in [0.29, 0.717) is 13.1 Å². The van der Waals surface area contributed by atoms with Crippen LogP contribution in [0.4, 0.5) is 0 Å². The van der Waals surface area contributed by atoms with Gasteiger partial charge in [-0.3, -0.25) is 0 Å². The molecular formula is C2H9CuN2O. The topological polar surface area (TPSA) is 82.0 Å². The summed E-state index contributed by atoms with van der Waals surface area (Å²) in [5, 5.41) is 0. The standard InChI is InChI=1S/C2H8N2.Cu.H2O/c3-1-2-4;;/h1-4H2;;1H2/q;+1;/p-1. The Balaban J connectivity index is -0.0000000450. The minimum atomic E-state index is 0. The monoisotopic (exact) mass is 140 g/mol. The zero-order chi connectivity index (χ0) is 3.41. The van der Waals surface area contributed by atoms with E-state index in [2.05, 4.69) is 0 Å². The van der Waals surface area contributed by atoms with Gasteiger partial charge in [-0.2, -0.15) is 0 Å². The second kappa shape index (κ2) is 18.2. The molecule has 6 heavy (non-hydrogen) atoms. The number of hydrogen-bond donors (Lipinski definition) is 2. The Kier molecular flexibility index (Phi) is 48.8. The summed E-state index contributed by atoms with van der Waals surface area (Å²) < 4.78 is 0. The van der Waals surface area contributed by atoms with E-state index in [-0.39, 0.29) is 22.5 Å². The van der Waals surface area contributed by atoms with Crippen LogP contribution in [0.25, 0.3) is 0 Å². The number of nitrogens with two attached hydrogens (primary N) is 2. The van der Waals surface area contributed by atoms with Crippen LogP contribution in [-0.2, 0) is 17.1 Å². The number of hydrogen-bond acceptors (Lipinski definition) is 3. The predicted molar refractivity (Wildman–Crippen MR) is 20.0 cm³/mol. The van der Waals surface area contributed by atoms with Gasteiger partial charge in [-0.1, -0.05) is 0 Å². The fourth-order valence-corrected chi connectivity index (χ4v) is 0. The van der Waals surface area contributed by atoms with Gasteiger partial charge in [-0.05, 0) is 0 Å². The van der Waals surface area contributed by atoms with Crippen molar-refractivity contribution >= 4 is 0 Å². The van der Waals surface area contributed by atoms with E-state index in [1.165, 1.54) is 0 Å². The van der Waals surface area contributed by atoms with Gasteiger partial charge in [-0.15, -0.1) is 0 Å². The molecule has 0 aromatic heterocycles. The van der Waals surface area contributed by atoms with Gasteiger partial charge >= 0.3 is 17.1 Å². The summed E-state index contributed by atoms with van der Waals surface area (Å²) in [7, 11) is 0. The minimum absolute atomic E-state index is 0. The summed E-state index contributed by atoms with van der Waals surface area (Å²) in [6.45, 7) is 1.19. The maximum Gasteiger partial charge on any atom is 1.00 e. The summed E-state index contributed by atoms with van der Waals surface area (Å²) in [5.74, 6) is 0. The molecule has 0 unspecified atom stereocenters. The fourth-order valence-electron chi connectivity index (χ4n) is 0. The average molecular weight is 141 g/mol. The molecule has 44 valence electrons. The molecule has 5 N–H and O–H groups in total. The summed E-state index contributed by atoms with van der Waals surface area (Å²) >= 11 is 0. The Labute approximate surface area is 47.9 Å². The third-order valence-corrected chi connectivity index (χ3v) is 0.167.